The Morgan fingerprint density at radius 3 is 2.88 bits per heavy atom. The Bertz CT molecular complexity index is 402. The first-order valence-corrected chi connectivity index (χ1v) is 6.69. The van der Waals surface area contributed by atoms with Crippen molar-refractivity contribution in [1.29, 1.82) is 0 Å². The van der Waals surface area contributed by atoms with Gasteiger partial charge in [0.05, 0.1) is 0 Å². The number of carbonyl (C=O) groups is 1. The van der Waals surface area contributed by atoms with Crippen molar-refractivity contribution in [2.75, 3.05) is 16.8 Å². The summed E-state index contributed by atoms with van der Waals surface area (Å²) in [4.78, 5) is 13.6. The number of nitrogens with zero attached hydrogens (tertiary/aromatic N) is 2. The van der Waals surface area contributed by atoms with Crippen LogP contribution in [0, 0.1) is 12.8 Å². The molecule has 0 saturated carbocycles. The number of aromatic nitrogens is 2. The fraction of sp³-hybridized carbons (Fsp3) is 0.636. The second-order valence-electron chi connectivity index (χ2n) is 4.23. The molecule has 16 heavy (non-hydrogen) atoms. The number of hydrogen-bond donors (Lipinski definition) is 1. The Balaban J connectivity index is 2.24. The van der Waals surface area contributed by atoms with Crippen molar-refractivity contribution < 1.29 is 4.79 Å². The van der Waals surface area contributed by atoms with Crippen LogP contribution in [-0.4, -0.2) is 28.0 Å². The first-order chi connectivity index (χ1) is 7.67. The van der Waals surface area contributed by atoms with Crippen LogP contribution in [0.5, 0.6) is 0 Å². The number of hydrogen-bond acceptors (Lipinski definition) is 2. The van der Waals surface area contributed by atoms with E-state index in [-0.39, 0.29) is 5.91 Å². The van der Waals surface area contributed by atoms with E-state index < -0.39 is 0 Å². The zero-order valence-electron chi connectivity index (χ0n) is 9.59. The molecule has 2 rings (SSSR count). The average Bonchev–Trinajstić information content (AvgIpc) is 2.81. The maximum Gasteiger partial charge on any atom is 0.228 e. The molecule has 1 N–H and O–H groups in total. The van der Waals surface area contributed by atoms with Crippen LogP contribution in [0.4, 0.5) is 5.82 Å². The lowest BCUT2D eigenvalue weighted by Gasteiger charge is -2.14. The minimum absolute atomic E-state index is 0.182. The van der Waals surface area contributed by atoms with E-state index in [1.54, 1.807) is 4.90 Å². The van der Waals surface area contributed by atoms with Crippen LogP contribution >= 0.6 is 15.9 Å². The molecule has 1 atom stereocenters. The molecular formula is C11H16BrN3O. The predicted molar refractivity (Wildman–Crippen MR) is 67.0 cm³/mol. The average molecular weight is 286 g/mol. The quantitative estimate of drug-likeness (QED) is 0.864. The third-order valence-electron chi connectivity index (χ3n) is 3.12. The number of amides is 1. The van der Waals surface area contributed by atoms with E-state index >= 15 is 0 Å². The van der Waals surface area contributed by atoms with Gasteiger partial charge in [0.25, 0.3) is 0 Å². The van der Waals surface area contributed by atoms with Crippen LogP contribution in [0.15, 0.2) is 0 Å². The summed E-state index contributed by atoms with van der Waals surface area (Å²) in [5, 5.41) is 8.13. The maximum absolute atomic E-state index is 11.8. The van der Waals surface area contributed by atoms with Gasteiger partial charge >= 0.3 is 0 Å². The van der Waals surface area contributed by atoms with Gasteiger partial charge in [0, 0.05) is 29.6 Å². The summed E-state index contributed by atoms with van der Waals surface area (Å²) in [6, 6.07) is 0. The van der Waals surface area contributed by atoms with E-state index in [0.29, 0.717) is 12.3 Å². The molecule has 0 bridgehead atoms. The van der Waals surface area contributed by atoms with Crippen molar-refractivity contribution in [3.8, 4) is 0 Å². The van der Waals surface area contributed by atoms with E-state index in [0.717, 1.165) is 35.4 Å². The molecular weight excluding hydrogens is 270 g/mol. The van der Waals surface area contributed by atoms with E-state index in [1.807, 2.05) is 6.92 Å². The Morgan fingerprint density at radius 1 is 1.62 bits per heavy atom. The molecule has 2 heterocycles. The number of anilines is 1. The first kappa shape index (κ1) is 11.6. The lowest BCUT2D eigenvalue weighted by atomic mass is 10.2. The number of rotatable bonds is 3. The van der Waals surface area contributed by atoms with Gasteiger partial charge in [-0.1, -0.05) is 22.9 Å². The lowest BCUT2D eigenvalue weighted by molar-refractivity contribution is -0.117. The molecule has 0 aromatic carbocycles. The highest BCUT2D eigenvalue weighted by Gasteiger charge is 2.32. The van der Waals surface area contributed by atoms with Crippen molar-refractivity contribution in [2.24, 2.45) is 5.92 Å². The van der Waals surface area contributed by atoms with Crippen LogP contribution in [0.2, 0.25) is 0 Å². The van der Waals surface area contributed by atoms with Crippen LogP contribution < -0.4 is 4.90 Å². The standard InChI is InChI=1S/C11H16BrN3O/c1-3-9-7(2)11(14-13-9)15-6-8(5-12)4-10(15)16/h8H,3-6H2,1-2H3,(H,13,14). The van der Waals surface area contributed by atoms with E-state index in [4.69, 9.17) is 0 Å². The smallest absolute Gasteiger partial charge is 0.228 e. The van der Waals surface area contributed by atoms with Gasteiger partial charge in [-0.2, -0.15) is 5.10 Å². The number of aromatic amines is 1. The molecule has 1 aromatic heterocycles. The monoisotopic (exact) mass is 285 g/mol. The zero-order valence-corrected chi connectivity index (χ0v) is 11.2. The summed E-state index contributed by atoms with van der Waals surface area (Å²) in [7, 11) is 0. The predicted octanol–water partition coefficient (Wildman–Crippen LogP) is 2.03. The second kappa shape index (κ2) is 4.57. The molecule has 1 unspecified atom stereocenters. The third-order valence-corrected chi connectivity index (χ3v) is 4.03. The van der Waals surface area contributed by atoms with Crippen LogP contribution in [0.1, 0.15) is 24.6 Å². The summed E-state index contributed by atoms with van der Waals surface area (Å²) in [5.41, 5.74) is 2.22. The van der Waals surface area contributed by atoms with Gasteiger partial charge in [-0.25, -0.2) is 0 Å². The summed E-state index contributed by atoms with van der Waals surface area (Å²) in [6.45, 7) is 4.88. The molecule has 0 aliphatic carbocycles. The molecule has 0 radical (unpaired) electrons. The Kier molecular flexibility index (Phi) is 3.33. The van der Waals surface area contributed by atoms with Crippen LogP contribution in [0.3, 0.4) is 0 Å². The minimum atomic E-state index is 0.182. The van der Waals surface area contributed by atoms with Gasteiger partial charge < -0.3 is 0 Å². The highest BCUT2D eigenvalue weighted by Crippen LogP contribution is 2.28. The number of H-pyrrole nitrogens is 1. The second-order valence-corrected chi connectivity index (χ2v) is 4.88. The van der Waals surface area contributed by atoms with Crippen molar-refractivity contribution in [3.63, 3.8) is 0 Å². The topological polar surface area (TPSA) is 49.0 Å². The zero-order chi connectivity index (χ0) is 11.7. The van der Waals surface area contributed by atoms with E-state index in [1.165, 1.54) is 0 Å². The molecule has 1 aliphatic rings. The van der Waals surface area contributed by atoms with Gasteiger partial charge in [0.2, 0.25) is 5.91 Å². The highest BCUT2D eigenvalue weighted by atomic mass is 79.9. The molecule has 4 nitrogen and oxygen atoms in total. The van der Waals surface area contributed by atoms with Crippen LogP contribution in [-0.2, 0) is 11.2 Å². The molecule has 1 aromatic rings. The normalized spacial score (nSPS) is 20.8. The molecule has 0 spiro atoms. The number of nitrogens with one attached hydrogen (secondary N) is 1. The van der Waals surface area contributed by atoms with Gasteiger partial charge in [0.15, 0.2) is 5.82 Å². The van der Waals surface area contributed by atoms with E-state index in [2.05, 4.69) is 33.1 Å². The van der Waals surface area contributed by atoms with Gasteiger partial charge in [-0.3, -0.25) is 14.8 Å². The SMILES string of the molecule is CCc1[nH]nc(N2CC(CBr)CC2=O)c1C. The third kappa shape index (κ3) is 1.88. The van der Waals surface area contributed by atoms with Crippen molar-refractivity contribution >= 4 is 27.7 Å². The Hall–Kier alpha value is -0.840. The number of aryl methyl sites for hydroxylation is 1. The summed E-state index contributed by atoms with van der Waals surface area (Å²) in [6.07, 6.45) is 1.54. The highest BCUT2D eigenvalue weighted by molar-refractivity contribution is 9.09. The Morgan fingerprint density at radius 2 is 2.38 bits per heavy atom. The summed E-state index contributed by atoms with van der Waals surface area (Å²) in [5.74, 6) is 1.40. The van der Waals surface area contributed by atoms with Crippen molar-refractivity contribution in [3.05, 3.63) is 11.3 Å². The molecule has 88 valence electrons. The minimum Gasteiger partial charge on any atom is -0.295 e. The summed E-state index contributed by atoms with van der Waals surface area (Å²) >= 11 is 3.43. The number of halogens is 1. The maximum atomic E-state index is 11.8. The fourth-order valence-corrected chi connectivity index (χ4v) is 2.55. The van der Waals surface area contributed by atoms with E-state index in [9.17, 15) is 4.79 Å². The molecule has 1 fully saturated rings. The molecule has 1 amide bonds. The lowest BCUT2D eigenvalue weighted by Crippen LogP contribution is -2.25. The Labute approximate surface area is 104 Å². The van der Waals surface area contributed by atoms with Crippen molar-refractivity contribution in [1.82, 2.24) is 10.2 Å². The van der Waals surface area contributed by atoms with Gasteiger partial charge in [-0.15, -0.1) is 0 Å². The molecule has 5 heteroatoms. The first-order valence-electron chi connectivity index (χ1n) is 5.57. The number of alkyl halides is 1. The van der Waals surface area contributed by atoms with Crippen LogP contribution in [0.25, 0.3) is 0 Å². The molecule has 1 aliphatic heterocycles. The molecule has 1 saturated heterocycles. The number of carbonyl (C=O) groups excluding carboxylic acids is 1. The largest absolute Gasteiger partial charge is 0.295 e. The van der Waals surface area contributed by atoms with Crippen molar-refractivity contribution in [2.45, 2.75) is 26.7 Å². The summed E-state index contributed by atoms with van der Waals surface area (Å²) < 4.78 is 0. The van der Waals surface area contributed by atoms with Gasteiger partial charge in [-0.05, 0) is 19.3 Å². The fourth-order valence-electron chi connectivity index (χ4n) is 2.12. The van der Waals surface area contributed by atoms with Gasteiger partial charge in [0.1, 0.15) is 0 Å².